The average Bonchev–Trinajstić information content (AvgIpc) is 3.29. The van der Waals surface area contributed by atoms with E-state index in [1.165, 1.54) is 36.1 Å². The molecule has 3 aromatic carbocycles. The number of nitrogens with zero attached hydrogens (tertiary/aromatic N) is 4. The van der Waals surface area contributed by atoms with Crippen molar-refractivity contribution in [1.29, 1.82) is 0 Å². The summed E-state index contributed by atoms with van der Waals surface area (Å²) in [4.78, 5) is 10.0. The first kappa shape index (κ1) is 28.6. The van der Waals surface area contributed by atoms with Gasteiger partial charge >= 0.3 is 0 Å². The third-order valence-corrected chi connectivity index (χ3v) is 9.73. The van der Waals surface area contributed by atoms with Gasteiger partial charge in [0.2, 0.25) is 0 Å². The highest BCUT2D eigenvalue weighted by molar-refractivity contribution is 6.31. The Morgan fingerprint density at radius 3 is 2.27 bits per heavy atom. The number of benzene rings is 3. The molecule has 0 aliphatic carbocycles. The van der Waals surface area contributed by atoms with Gasteiger partial charge in [0.05, 0.1) is 0 Å². The lowest BCUT2D eigenvalue weighted by molar-refractivity contribution is 0.123. The van der Waals surface area contributed by atoms with Crippen molar-refractivity contribution in [2.24, 2.45) is 0 Å². The van der Waals surface area contributed by atoms with Gasteiger partial charge < -0.3 is 14.7 Å². The lowest BCUT2D eigenvalue weighted by atomic mass is 9.89. The molecule has 3 aromatic rings. The lowest BCUT2D eigenvalue weighted by Crippen LogP contribution is -2.46. The van der Waals surface area contributed by atoms with Gasteiger partial charge in [-0.05, 0) is 104 Å². The largest absolute Gasteiger partial charge is 0.337 e. The van der Waals surface area contributed by atoms with Gasteiger partial charge in [0.25, 0.3) is 0 Å². The van der Waals surface area contributed by atoms with Gasteiger partial charge in [0, 0.05) is 74.2 Å². The first-order valence-corrected chi connectivity index (χ1v) is 15.7. The summed E-state index contributed by atoms with van der Waals surface area (Å²) in [5, 5.41) is 0.891. The Balaban J connectivity index is 0.975. The van der Waals surface area contributed by atoms with Crippen LogP contribution >= 0.6 is 11.6 Å². The average molecular weight is 579 g/mol. The van der Waals surface area contributed by atoms with E-state index in [2.05, 4.69) is 38.7 Å². The van der Waals surface area contributed by atoms with Gasteiger partial charge in [-0.2, -0.15) is 0 Å². The van der Waals surface area contributed by atoms with Crippen molar-refractivity contribution in [1.82, 2.24) is 14.7 Å². The topological polar surface area (TPSA) is 13.0 Å². The molecule has 218 valence electrons. The van der Waals surface area contributed by atoms with E-state index >= 15 is 0 Å². The molecule has 3 heterocycles. The van der Waals surface area contributed by atoms with E-state index < -0.39 is 0 Å². The molecule has 0 saturated carbocycles. The molecule has 0 aromatic heterocycles. The fraction of sp³-hybridized carbons (Fsp3) is 0.471. The van der Waals surface area contributed by atoms with Gasteiger partial charge in [-0.3, -0.25) is 4.90 Å². The summed E-state index contributed by atoms with van der Waals surface area (Å²) in [6.45, 7) is 11.8. The molecule has 2 atom stereocenters. The van der Waals surface area contributed by atoms with Crippen LogP contribution in [0.4, 0.5) is 20.2 Å². The molecule has 0 unspecified atom stereocenters. The zero-order valence-corrected chi connectivity index (χ0v) is 24.8. The normalized spacial score (nSPS) is 21.7. The highest BCUT2D eigenvalue weighted by atomic mass is 35.5. The first-order valence-electron chi connectivity index (χ1n) is 15.3. The molecule has 3 aliphatic heterocycles. The second kappa shape index (κ2) is 12.8. The van der Waals surface area contributed by atoms with Gasteiger partial charge in [-0.15, -0.1) is 0 Å². The van der Waals surface area contributed by atoms with E-state index in [1.54, 1.807) is 12.1 Å². The maximum atomic E-state index is 14.3. The maximum absolute atomic E-state index is 14.3. The fourth-order valence-corrected chi connectivity index (χ4v) is 7.54. The molecule has 0 bridgehead atoms. The molecule has 0 amide bonds. The quantitative estimate of drug-likeness (QED) is 0.251. The maximum Gasteiger partial charge on any atom is 0.123 e. The predicted molar refractivity (Wildman–Crippen MR) is 164 cm³/mol. The van der Waals surface area contributed by atoms with Gasteiger partial charge in [0.1, 0.15) is 11.6 Å². The van der Waals surface area contributed by atoms with Crippen molar-refractivity contribution in [3.63, 3.8) is 0 Å². The molecule has 0 spiro atoms. The second-order valence-corrected chi connectivity index (χ2v) is 12.3. The summed E-state index contributed by atoms with van der Waals surface area (Å²) in [6.07, 6.45) is 4.37. The van der Waals surface area contributed by atoms with Crippen LogP contribution < -0.4 is 4.90 Å². The van der Waals surface area contributed by atoms with Crippen LogP contribution in [-0.4, -0.2) is 73.1 Å². The molecule has 0 radical (unpaired) electrons. The zero-order valence-electron chi connectivity index (χ0n) is 24.0. The molecular weight excluding hydrogens is 538 g/mol. The minimum Gasteiger partial charge on any atom is -0.337 e. The smallest absolute Gasteiger partial charge is 0.123 e. The van der Waals surface area contributed by atoms with Gasteiger partial charge in [-0.1, -0.05) is 30.7 Å². The van der Waals surface area contributed by atoms with Crippen molar-refractivity contribution in [2.75, 3.05) is 57.3 Å². The number of piperidine rings is 1. The zero-order chi connectivity index (χ0) is 28.3. The number of hydrogen-bond acceptors (Lipinski definition) is 4. The van der Waals surface area contributed by atoms with Crippen LogP contribution in [0, 0.1) is 11.6 Å². The number of hydrogen-bond donors (Lipinski definition) is 0. The summed E-state index contributed by atoms with van der Waals surface area (Å²) in [5.41, 5.74) is 5.79. The highest BCUT2D eigenvalue weighted by Gasteiger charge is 2.42. The monoisotopic (exact) mass is 578 g/mol. The molecule has 6 rings (SSSR count). The van der Waals surface area contributed by atoms with E-state index in [-0.39, 0.29) is 23.6 Å². The van der Waals surface area contributed by atoms with Crippen LogP contribution in [0.5, 0.6) is 0 Å². The van der Waals surface area contributed by atoms with Crippen LogP contribution in [-0.2, 0) is 13.0 Å². The Morgan fingerprint density at radius 2 is 1.51 bits per heavy atom. The minimum absolute atomic E-state index is 0.181. The van der Waals surface area contributed by atoms with Crippen LogP contribution in [0.3, 0.4) is 0 Å². The summed E-state index contributed by atoms with van der Waals surface area (Å²) in [6, 6.07) is 18.5. The number of halogens is 3. The van der Waals surface area contributed by atoms with E-state index in [9.17, 15) is 8.78 Å². The van der Waals surface area contributed by atoms with Crippen LogP contribution in [0.25, 0.3) is 0 Å². The van der Waals surface area contributed by atoms with Crippen molar-refractivity contribution in [2.45, 2.75) is 51.1 Å². The minimum atomic E-state index is -0.233. The molecule has 7 heteroatoms. The van der Waals surface area contributed by atoms with E-state index in [4.69, 9.17) is 11.6 Å². The number of piperazine rings is 1. The molecule has 2 saturated heterocycles. The van der Waals surface area contributed by atoms with Crippen molar-refractivity contribution < 1.29 is 8.78 Å². The Hall–Kier alpha value is -2.51. The Labute approximate surface area is 248 Å². The van der Waals surface area contributed by atoms with Crippen molar-refractivity contribution >= 4 is 23.0 Å². The van der Waals surface area contributed by atoms with Crippen LogP contribution in [0.1, 0.15) is 48.8 Å². The molecule has 41 heavy (non-hydrogen) atoms. The highest BCUT2D eigenvalue weighted by Crippen LogP contribution is 2.48. The van der Waals surface area contributed by atoms with Crippen LogP contribution in [0.15, 0.2) is 60.7 Å². The summed E-state index contributed by atoms with van der Waals surface area (Å²) in [7, 11) is 0. The van der Waals surface area contributed by atoms with E-state index in [0.717, 1.165) is 93.7 Å². The first-order chi connectivity index (χ1) is 20.0. The molecule has 2 fully saturated rings. The van der Waals surface area contributed by atoms with Gasteiger partial charge in [0.15, 0.2) is 0 Å². The summed E-state index contributed by atoms with van der Waals surface area (Å²) in [5.74, 6) is -0.150. The second-order valence-electron chi connectivity index (χ2n) is 11.9. The SMILES string of the molecule is CCc1c(Cl)cccc1CN1CCN(CCCCN2CC[C@@H]3[C@@H](C2)c2cc(F)ccc2N3c2ccc(F)cc2)CC1. The predicted octanol–water partition coefficient (Wildman–Crippen LogP) is 7.09. The number of likely N-dealkylation sites (tertiary alicyclic amines) is 1. The number of rotatable bonds is 9. The summed E-state index contributed by atoms with van der Waals surface area (Å²) >= 11 is 6.43. The van der Waals surface area contributed by atoms with E-state index in [0.29, 0.717) is 0 Å². The Bertz CT molecular complexity index is 1320. The third kappa shape index (κ3) is 6.31. The number of anilines is 2. The third-order valence-electron chi connectivity index (χ3n) is 9.37. The summed E-state index contributed by atoms with van der Waals surface area (Å²) < 4.78 is 27.9. The van der Waals surface area contributed by atoms with Crippen molar-refractivity contribution in [3.8, 4) is 0 Å². The Morgan fingerprint density at radius 1 is 0.805 bits per heavy atom. The van der Waals surface area contributed by atoms with Crippen LogP contribution in [0.2, 0.25) is 5.02 Å². The standard InChI is InChI=1S/C34H41ClF2N4/c1-2-29-25(6-5-7-32(29)35)23-40-20-18-38(19-21-40)15-3-4-16-39-17-14-34-31(24-39)30-22-27(37)10-13-33(30)41(34)28-11-8-26(36)9-12-28/h5-13,22,31,34H,2-4,14-21,23-24H2,1H3/t31-,34+/m0/s1. The fourth-order valence-electron chi connectivity index (χ4n) is 7.21. The number of fused-ring (bicyclic) bond motifs is 3. The van der Waals surface area contributed by atoms with Crippen molar-refractivity contribution in [3.05, 3.63) is 94.0 Å². The Kier molecular flexibility index (Phi) is 8.92. The lowest BCUT2D eigenvalue weighted by Gasteiger charge is -2.39. The molecule has 0 N–H and O–H groups in total. The van der Waals surface area contributed by atoms with Gasteiger partial charge in [-0.25, -0.2) is 8.78 Å². The molecule has 3 aliphatic rings. The van der Waals surface area contributed by atoms with E-state index in [1.807, 2.05) is 24.3 Å². The molecule has 4 nitrogen and oxygen atoms in total. The molecular formula is C34H41ClF2N4. The number of unbranched alkanes of at least 4 members (excludes halogenated alkanes) is 1.